The minimum Gasteiger partial charge on any atom is -0.477 e. The number of rotatable bonds is 5. The van der Waals surface area contributed by atoms with Gasteiger partial charge in [-0.2, -0.15) is 0 Å². The predicted octanol–water partition coefficient (Wildman–Crippen LogP) is 0.828. The minimum absolute atomic E-state index is 0.169. The van der Waals surface area contributed by atoms with E-state index in [1.807, 2.05) is 13.0 Å². The fourth-order valence-corrected chi connectivity index (χ4v) is 1.80. The first-order chi connectivity index (χ1) is 10.0. The third kappa shape index (κ3) is 4.63. The Balaban J connectivity index is 1.92. The lowest BCUT2D eigenvalue weighted by molar-refractivity contribution is -0.0361. The van der Waals surface area contributed by atoms with Gasteiger partial charge >= 0.3 is 0 Å². The maximum absolute atomic E-state index is 11.7. The number of carbonyl (C=O) groups is 1. The van der Waals surface area contributed by atoms with Crippen LogP contribution >= 0.6 is 0 Å². The van der Waals surface area contributed by atoms with E-state index in [1.54, 1.807) is 24.3 Å². The molecule has 21 heavy (non-hydrogen) atoms. The van der Waals surface area contributed by atoms with Crippen molar-refractivity contribution in [3.05, 3.63) is 41.5 Å². The average Bonchev–Trinajstić information content (AvgIpc) is 2.48. The zero-order valence-electron chi connectivity index (χ0n) is 11.7. The van der Waals surface area contributed by atoms with Crippen LogP contribution in [0.3, 0.4) is 0 Å². The van der Waals surface area contributed by atoms with Crippen LogP contribution in [0.1, 0.15) is 23.7 Å². The van der Waals surface area contributed by atoms with E-state index in [-0.39, 0.29) is 18.6 Å². The van der Waals surface area contributed by atoms with Gasteiger partial charge in [0, 0.05) is 12.0 Å². The summed E-state index contributed by atoms with van der Waals surface area (Å²) in [5, 5.41) is 19.8. The summed E-state index contributed by atoms with van der Waals surface area (Å²) in [4.78, 5) is 11.7. The second-order valence-electron chi connectivity index (χ2n) is 4.71. The Hall–Kier alpha value is -2.29. The molecule has 0 heterocycles. The highest BCUT2D eigenvalue weighted by Crippen LogP contribution is 2.16. The van der Waals surface area contributed by atoms with Gasteiger partial charge in [-0.25, -0.2) is 0 Å². The van der Waals surface area contributed by atoms with Gasteiger partial charge in [0.05, 0.1) is 6.54 Å². The third-order valence-corrected chi connectivity index (χ3v) is 2.91. The molecule has 110 valence electrons. The highest BCUT2D eigenvalue weighted by Gasteiger charge is 2.10. The first kappa shape index (κ1) is 15.1. The number of aliphatic hydroxyl groups is 2. The molecule has 2 rings (SSSR count). The number of ether oxygens (including phenoxy) is 1. The normalized spacial score (nSPS) is 16.8. The average molecular weight is 287 g/mol. The zero-order chi connectivity index (χ0) is 15.2. The summed E-state index contributed by atoms with van der Waals surface area (Å²) in [6, 6.07) is 6.62. The van der Waals surface area contributed by atoms with Crippen molar-refractivity contribution in [2.45, 2.75) is 25.7 Å². The Bertz CT molecular complexity index is 593. The summed E-state index contributed by atoms with van der Waals surface area (Å²) >= 11 is 0. The van der Waals surface area contributed by atoms with Crippen LogP contribution in [0.4, 0.5) is 0 Å². The first-order valence-electron chi connectivity index (χ1n) is 6.64. The van der Waals surface area contributed by atoms with Crippen molar-refractivity contribution in [1.82, 2.24) is 5.32 Å². The number of carbonyl (C=O) groups excluding carboxylic acids is 1. The number of benzene rings is 1. The Morgan fingerprint density at radius 3 is 2.71 bits per heavy atom. The summed E-state index contributed by atoms with van der Waals surface area (Å²) in [5.74, 6) is 6.27. The molecule has 3 N–H and O–H groups in total. The monoisotopic (exact) mass is 287 g/mol. The summed E-state index contributed by atoms with van der Waals surface area (Å²) < 4.78 is 5.71. The van der Waals surface area contributed by atoms with E-state index in [1.165, 1.54) is 0 Å². The third-order valence-electron chi connectivity index (χ3n) is 2.91. The van der Waals surface area contributed by atoms with Gasteiger partial charge in [0.2, 0.25) is 0 Å². The van der Waals surface area contributed by atoms with Crippen molar-refractivity contribution in [3.8, 4) is 17.6 Å². The molecule has 0 spiro atoms. The highest BCUT2D eigenvalue weighted by molar-refractivity contribution is 5.94. The Morgan fingerprint density at radius 2 is 2.14 bits per heavy atom. The first-order valence-corrected chi connectivity index (χ1v) is 6.64. The molecule has 1 atom stereocenters. The van der Waals surface area contributed by atoms with Crippen molar-refractivity contribution >= 4 is 5.91 Å². The Kier molecular flexibility index (Phi) is 4.99. The molecular weight excluding hydrogens is 270 g/mol. The van der Waals surface area contributed by atoms with Gasteiger partial charge in [-0.1, -0.05) is 17.9 Å². The highest BCUT2D eigenvalue weighted by atomic mass is 16.5. The molecule has 1 aliphatic carbocycles. The van der Waals surface area contributed by atoms with Crippen molar-refractivity contribution in [3.63, 3.8) is 0 Å². The molecule has 1 aliphatic rings. The Labute approximate surface area is 123 Å². The lowest BCUT2D eigenvalue weighted by Gasteiger charge is -2.14. The van der Waals surface area contributed by atoms with Crippen LogP contribution in [0.15, 0.2) is 35.9 Å². The van der Waals surface area contributed by atoms with E-state index < -0.39 is 6.29 Å². The summed E-state index contributed by atoms with van der Waals surface area (Å²) in [7, 11) is 0. The topological polar surface area (TPSA) is 78.8 Å². The maximum atomic E-state index is 11.7. The molecular formula is C16H17NO4. The van der Waals surface area contributed by atoms with E-state index in [9.17, 15) is 4.79 Å². The second-order valence-corrected chi connectivity index (χ2v) is 4.71. The molecule has 1 unspecified atom stereocenters. The van der Waals surface area contributed by atoms with Crippen LogP contribution in [0.5, 0.6) is 5.75 Å². The number of hydrogen-bond donors (Lipinski definition) is 3. The SMILES string of the molecule is CC1=CCC(Oc2ccc(C(=O)NCC(O)O)cc2)C#C1. The summed E-state index contributed by atoms with van der Waals surface area (Å²) in [6.45, 7) is 1.75. The van der Waals surface area contributed by atoms with E-state index in [2.05, 4.69) is 17.2 Å². The van der Waals surface area contributed by atoms with Crippen molar-refractivity contribution in [1.29, 1.82) is 0 Å². The molecule has 1 aromatic rings. The summed E-state index contributed by atoms with van der Waals surface area (Å²) in [5.41, 5.74) is 1.47. The smallest absolute Gasteiger partial charge is 0.251 e. The van der Waals surface area contributed by atoms with Crippen LogP contribution in [0.25, 0.3) is 0 Å². The van der Waals surface area contributed by atoms with Crippen LogP contribution in [-0.4, -0.2) is 35.1 Å². The van der Waals surface area contributed by atoms with Crippen molar-refractivity contribution in [2.75, 3.05) is 6.54 Å². The van der Waals surface area contributed by atoms with Gasteiger partial charge in [-0.15, -0.1) is 0 Å². The Morgan fingerprint density at radius 1 is 1.43 bits per heavy atom. The second kappa shape index (κ2) is 6.93. The number of aliphatic hydroxyl groups excluding tert-OH is 1. The van der Waals surface area contributed by atoms with Crippen molar-refractivity contribution in [2.24, 2.45) is 0 Å². The molecule has 5 nitrogen and oxygen atoms in total. The van der Waals surface area contributed by atoms with Gasteiger partial charge in [-0.3, -0.25) is 4.79 Å². The van der Waals surface area contributed by atoms with E-state index in [4.69, 9.17) is 14.9 Å². The molecule has 0 saturated carbocycles. The zero-order valence-corrected chi connectivity index (χ0v) is 11.7. The largest absolute Gasteiger partial charge is 0.477 e. The van der Waals surface area contributed by atoms with Gasteiger partial charge in [0.15, 0.2) is 12.4 Å². The van der Waals surface area contributed by atoms with Crippen LogP contribution in [0.2, 0.25) is 0 Å². The van der Waals surface area contributed by atoms with E-state index >= 15 is 0 Å². The van der Waals surface area contributed by atoms with Crippen molar-refractivity contribution < 1.29 is 19.7 Å². The van der Waals surface area contributed by atoms with Gasteiger partial charge in [0.1, 0.15) is 5.75 Å². The fraction of sp³-hybridized carbons (Fsp3) is 0.312. The fourth-order valence-electron chi connectivity index (χ4n) is 1.80. The molecule has 5 heteroatoms. The van der Waals surface area contributed by atoms with E-state index in [0.717, 1.165) is 12.0 Å². The molecule has 0 saturated heterocycles. The number of amides is 1. The predicted molar refractivity (Wildman–Crippen MR) is 77.6 cm³/mol. The molecule has 0 bridgehead atoms. The lowest BCUT2D eigenvalue weighted by atomic mass is 10.1. The van der Waals surface area contributed by atoms with Gasteiger partial charge in [-0.05, 0) is 36.8 Å². The van der Waals surface area contributed by atoms with Crippen LogP contribution in [0, 0.1) is 11.8 Å². The van der Waals surface area contributed by atoms with Gasteiger partial charge < -0.3 is 20.3 Å². The maximum Gasteiger partial charge on any atom is 0.251 e. The van der Waals surface area contributed by atoms with Crippen LogP contribution < -0.4 is 10.1 Å². The van der Waals surface area contributed by atoms with Gasteiger partial charge in [0.25, 0.3) is 5.91 Å². The minimum atomic E-state index is -1.56. The number of allylic oxidation sites excluding steroid dienone is 1. The van der Waals surface area contributed by atoms with Crippen LogP contribution in [-0.2, 0) is 0 Å². The van der Waals surface area contributed by atoms with E-state index in [0.29, 0.717) is 11.3 Å². The molecule has 0 fully saturated rings. The number of nitrogens with one attached hydrogen (secondary N) is 1. The quantitative estimate of drug-likeness (QED) is 0.553. The molecule has 0 aromatic heterocycles. The molecule has 1 amide bonds. The standard InChI is InChI=1S/C16H17NO4/c1-11-2-6-13(7-3-11)21-14-8-4-12(5-9-14)16(20)17-10-15(18)19/h2,4-5,8-9,13,15,18-19H,6,10H2,1H3,(H,17,20). The molecule has 0 aliphatic heterocycles. The lowest BCUT2D eigenvalue weighted by Crippen LogP contribution is -2.31. The number of hydrogen-bond acceptors (Lipinski definition) is 4. The molecule has 1 aromatic carbocycles. The molecule has 0 radical (unpaired) electrons. The summed E-state index contributed by atoms with van der Waals surface area (Å²) in [6.07, 6.45) is 1.05.